The number of carbonyl (C=O) groups is 1. The summed E-state index contributed by atoms with van der Waals surface area (Å²) in [6, 6.07) is 0.332. The van der Waals surface area contributed by atoms with Gasteiger partial charge in [0.15, 0.2) is 0 Å². The molecule has 4 nitrogen and oxygen atoms in total. The Labute approximate surface area is 117 Å². The summed E-state index contributed by atoms with van der Waals surface area (Å²) in [7, 11) is 2.19. The standard InChI is InChI=1S/C15H28N2O2/c1-12(2)17-8-13(5-6-14(17)18)7-16(4)9-15(3)10-19-11-15/h12-13H,5-11H2,1-4H3. The van der Waals surface area contributed by atoms with Gasteiger partial charge in [-0.2, -0.15) is 0 Å². The van der Waals surface area contributed by atoms with Gasteiger partial charge in [-0.3, -0.25) is 4.79 Å². The molecule has 19 heavy (non-hydrogen) atoms. The van der Waals surface area contributed by atoms with Gasteiger partial charge in [0.2, 0.25) is 5.91 Å². The smallest absolute Gasteiger partial charge is 0.222 e. The van der Waals surface area contributed by atoms with Gasteiger partial charge in [0, 0.05) is 37.5 Å². The molecule has 0 spiro atoms. The van der Waals surface area contributed by atoms with Crippen molar-refractivity contribution in [3.63, 3.8) is 0 Å². The molecule has 0 bridgehead atoms. The topological polar surface area (TPSA) is 32.8 Å². The molecule has 2 heterocycles. The van der Waals surface area contributed by atoms with Gasteiger partial charge in [-0.1, -0.05) is 6.92 Å². The average molecular weight is 268 g/mol. The molecule has 2 fully saturated rings. The molecule has 2 aliphatic heterocycles. The van der Waals surface area contributed by atoms with Crippen molar-refractivity contribution in [2.24, 2.45) is 11.3 Å². The molecule has 0 saturated carbocycles. The quantitative estimate of drug-likeness (QED) is 0.759. The molecule has 4 heteroatoms. The lowest BCUT2D eigenvalue weighted by atomic mass is 9.87. The number of hydrogen-bond donors (Lipinski definition) is 0. The van der Waals surface area contributed by atoms with E-state index in [0.717, 1.165) is 45.7 Å². The third-order valence-corrected chi connectivity index (χ3v) is 4.29. The van der Waals surface area contributed by atoms with E-state index in [0.29, 0.717) is 23.3 Å². The van der Waals surface area contributed by atoms with Crippen molar-refractivity contribution < 1.29 is 9.53 Å². The molecule has 2 aliphatic rings. The van der Waals surface area contributed by atoms with Crippen molar-refractivity contribution in [3.8, 4) is 0 Å². The van der Waals surface area contributed by atoms with Gasteiger partial charge >= 0.3 is 0 Å². The molecule has 1 amide bonds. The molecule has 2 saturated heterocycles. The molecule has 1 unspecified atom stereocenters. The first kappa shape index (κ1) is 14.8. The van der Waals surface area contributed by atoms with Gasteiger partial charge in [0.05, 0.1) is 13.2 Å². The maximum Gasteiger partial charge on any atom is 0.222 e. The summed E-state index contributed by atoms with van der Waals surface area (Å²) in [5.74, 6) is 0.947. The van der Waals surface area contributed by atoms with Crippen LogP contribution in [0.3, 0.4) is 0 Å². The van der Waals surface area contributed by atoms with Crippen molar-refractivity contribution in [2.45, 2.75) is 39.7 Å². The normalized spacial score (nSPS) is 26.9. The summed E-state index contributed by atoms with van der Waals surface area (Å²) >= 11 is 0. The minimum Gasteiger partial charge on any atom is -0.380 e. The highest BCUT2D eigenvalue weighted by atomic mass is 16.5. The number of hydrogen-bond acceptors (Lipinski definition) is 3. The van der Waals surface area contributed by atoms with E-state index < -0.39 is 0 Å². The van der Waals surface area contributed by atoms with E-state index in [1.807, 2.05) is 4.90 Å². The Morgan fingerprint density at radius 3 is 2.68 bits per heavy atom. The Morgan fingerprint density at radius 2 is 2.16 bits per heavy atom. The van der Waals surface area contributed by atoms with Crippen molar-refractivity contribution in [2.75, 3.05) is 39.9 Å². The lowest BCUT2D eigenvalue weighted by Crippen LogP contribution is -2.50. The van der Waals surface area contributed by atoms with Gasteiger partial charge in [0.1, 0.15) is 0 Å². The van der Waals surface area contributed by atoms with Gasteiger partial charge in [-0.25, -0.2) is 0 Å². The van der Waals surface area contributed by atoms with E-state index in [4.69, 9.17) is 4.74 Å². The number of piperidine rings is 1. The minimum atomic E-state index is 0.327. The van der Waals surface area contributed by atoms with Crippen LogP contribution in [0.25, 0.3) is 0 Å². The van der Waals surface area contributed by atoms with Crippen molar-refractivity contribution in [1.82, 2.24) is 9.80 Å². The predicted molar refractivity (Wildman–Crippen MR) is 76.0 cm³/mol. The van der Waals surface area contributed by atoms with Gasteiger partial charge in [-0.15, -0.1) is 0 Å². The third kappa shape index (κ3) is 3.69. The summed E-state index contributed by atoms with van der Waals surface area (Å²) in [6.07, 6.45) is 1.76. The van der Waals surface area contributed by atoms with Crippen LogP contribution in [0.5, 0.6) is 0 Å². The third-order valence-electron chi connectivity index (χ3n) is 4.29. The summed E-state index contributed by atoms with van der Waals surface area (Å²) < 4.78 is 5.31. The first-order valence-corrected chi connectivity index (χ1v) is 7.45. The van der Waals surface area contributed by atoms with E-state index in [1.165, 1.54) is 0 Å². The fourth-order valence-electron chi connectivity index (χ4n) is 3.29. The van der Waals surface area contributed by atoms with Gasteiger partial charge < -0.3 is 14.5 Å². The molecular weight excluding hydrogens is 240 g/mol. The minimum absolute atomic E-state index is 0.327. The molecular formula is C15H28N2O2. The molecule has 0 N–H and O–H groups in total. The van der Waals surface area contributed by atoms with Crippen LogP contribution < -0.4 is 0 Å². The maximum atomic E-state index is 11.8. The lowest BCUT2D eigenvalue weighted by Gasteiger charge is -2.42. The zero-order chi connectivity index (χ0) is 14.0. The zero-order valence-electron chi connectivity index (χ0n) is 12.8. The Morgan fingerprint density at radius 1 is 1.47 bits per heavy atom. The monoisotopic (exact) mass is 268 g/mol. The average Bonchev–Trinajstić information content (AvgIpc) is 2.29. The largest absolute Gasteiger partial charge is 0.380 e. The van der Waals surface area contributed by atoms with Gasteiger partial charge in [0.25, 0.3) is 0 Å². The molecule has 0 radical (unpaired) electrons. The van der Waals surface area contributed by atoms with Crippen LogP contribution >= 0.6 is 0 Å². The SMILES string of the molecule is CC(C)N1CC(CN(C)CC2(C)COC2)CCC1=O. The first-order valence-electron chi connectivity index (χ1n) is 7.45. The Balaban J connectivity index is 1.80. The van der Waals surface area contributed by atoms with Crippen LogP contribution in [0.15, 0.2) is 0 Å². The second kappa shape index (κ2) is 5.80. The number of likely N-dealkylation sites (tertiary alicyclic amines) is 1. The van der Waals surface area contributed by atoms with Crippen molar-refractivity contribution in [1.29, 1.82) is 0 Å². The predicted octanol–water partition coefficient (Wildman–Crippen LogP) is 1.60. The fourth-order valence-corrected chi connectivity index (χ4v) is 3.29. The van der Waals surface area contributed by atoms with Crippen LogP contribution in [0, 0.1) is 11.3 Å². The number of nitrogens with zero attached hydrogens (tertiary/aromatic N) is 2. The van der Waals surface area contributed by atoms with Crippen molar-refractivity contribution in [3.05, 3.63) is 0 Å². The lowest BCUT2D eigenvalue weighted by molar-refractivity contribution is -0.137. The second-order valence-electron chi connectivity index (χ2n) is 7.04. The van der Waals surface area contributed by atoms with E-state index in [2.05, 4.69) is 32.7 Å². The number of rotatable bonds is 5. The number of amides is 1. The Kier molecular flexibility index (Phi) is 4.51. The summed E-state index contributed by atoms with van der Waals surface area (Å²) in [5, 5.41) is 0. The van der Waals surface area contributed by atoms with Crippen LogP contribution in [0.4, 0.5) is 0 Å². The van der Waals surface area contributed by atoms with Gasteiger partial charge in [-0.05, 0) is 33.2 Å². The van der Waals surface area contributed by atoms with E-state index in [9.17, 15) is 4.79 Å². The van der Waals surface area contributed by atoms with E-state index >= 15 is 0 Å². The molecule has 0 aromatic carbocycles. The van der Waals surface area contributed by atoms with Crippen LogP contribution in [-0.2, 0) is 9.53 Å². The maximum absolute atomic E-state index is 11.8. The molecule has 0 aromatic rings. The molecule has 110 valence electrons. The highest BCUT2D eigenvalue weighted by Crippen LogP contribution is 2.28. The number of ether oxygens (including phenoxy) is 1. The number of carbonyl (C=O) groups excluding carboxylic acids is 1. The van der Waals surface area contributed by atoms with Crippen LogP contribution in [0.2, 0.25) is 0 Å². The fraction of sp³-hybridized carbons (Fsp3) is 0.933. The Bertz CT molecular complexity index is 326. The highest BCUT2D eigenvalue weighted by Gasteiger charge is 2.35. The van der Waals surface area contributed by atoms with Crippen LogP contribution in [-0.4, -0.2) is 61.6 Å². The zero-order valence-corrected chi connectivity index (χ0v) is 12.8. The Hall–Kier alpha value is -0.610. The van der Waals surface area contributed by atoms with E-state index in [1.54, 1.807) is 0 Å². The summed E-state index contributed by atoms with van der Waals surface area (Å²) in [6.45, 7) is 11.4. The van der Waals surface area contributed by atoms with Crippen molar-refractivity contribution >= 4 is 5.91 Å². The first-order chi connectivity index (χ1) is 8.89. The molecule has 1 atom stereocenters. The summed E-state index contributed by atoms with van der Waals surface area (Å²) in [4.78, 5) is 16.3. The summed E-state index contributed by atoms with van der Waals surface area (Å²) in [5.41, 5.74) is 0.344. The molecule has 0 aromatic heterocycles. The molecule has 2 rings (SSSR count). The van der Waals surface area contributed by atoms with E-state index in [-0.39, 0.29) is 0 Å². The molecule has 0 aliphatic carbocycles. The van der Waals surface area contributed by atoms with Crippen LogP contribution in [0.1, 0.15) is 33.6 Å². The highest BCUT2D eigenvalue weighted by molar-refractivity contribution is 5.77. The second-order valence-corrected chi connectivity index (χ2v) is 7.04.